The number of carbonyl (C=O) groups is 2. The molecule has 0 aliphatic heterocycles. The average molecular weight is 516 g/mol. The predicted molar refractivity (Wildman–Crippen MR) is 123 cm³/mol. The van der Waals surface area contributed by atoms with E-state index in [9.17, 15) is 20.0 Å². The zero-order valence-corrected chi connectivity index (χ0v) is 19.1. The number of hydrogen-bond donors (Lipinski definition) is 2. The number of rotatable bonds is 6. The van der Waals surface area contributed by atoms with E-state index in [0.29, 0.717) is 10.2 Å². The summed E-state index contributed by atoms with van der Waals surface area (Å²) in [5.41, 5.74) is 1.23. The molecular formula is C21H16BrClN6O3. The van der Waals surface area contributed by atoms with Gasteiger partial charge in [0.1, 0.15) is 10.3 Å². The van der Waals surface area contributed by atoms with Gasteiger partial charge < -0.3 is 10.4 Å². The Morgan fingerprint density at radius 2 is 2.19 bits per heavy atom. The van der Waals surface area contributed by atoms with Crippen molar-refractivity contribution in [1.82, 2.24) is 14.8 Å². The van der Waals surface area contributed by atoms with E-state index < -0.39 is 12.0 Å². The lowest BCUT2D eigenvalue weighted by Gasteiger charge is -2.23. The van der Waals surface area contributed by atoms with Crippen molar-refractivity contribution in [2.75, 3.05) is 16.8 Å². The number of carbonyl (C=O) groups excluding carboxylic acids is 1. The topological polar surface area (TPSA) is 124 Å². The smallest absolute Gasteiger partial charge is 0.412 e. The summed E-state index contributed by atoms with van der Waals surface area (Å²) in [6, 6.07) is 9.69. The number of nitrogens with one attached hydrogen (secondary N) is 1. The SMILES string of the molecule is C=CCN(C(=O)O)c1cc(C#N)cc(C)c1NC(=O)c1cc(Br)nn1-c1ncccc1Cl. The highest BCUT2D eigenvalue weighted by Gasteiger charge is 2.24. The Hall–Kier alpha value is -3.68. The molecule has 0 atom stereocenters. The van der Waals surface area contributed by atoms with Crippen LogP contribution in [-0.4, -0.2) is 38.4 Å². The molecule has 162 valence electrons. The second-order valence-electron chi connectivity index (χ2n) is 6.51. The number of amides is 2. The Labute approximate surface area is 196 Å². The normalized spacial score (nSPS) is 10.3. The zero-order valence-electron chi connectivity index (χ0n) is 16.7. The van der Waals surface area contributed by atoms with Gasteiger partial charge in [-0.15, -0.1) is 6.58 Å². The fourth-order valence-electron chi connectivity index (χ4n) is 3.00. The lowest BCUT2D eigenvalue weighted by atomic mass is 10.1. The number of hydrogen-bond acceptors (Lipinski definition) is 5. The van der Waals surface area contributed by atoms with E-state index in [4.69, 9.17) is 11.6 Å². The van der Waals surface area contributed by atoms with Crippen molar-refractivity contribution in [3.05, 3.63) is 75.6 Å². The van der Waals surface area contributed by atoms with Gasteiger partial charge in [0.25, 0.3) is 5.91 Å². The van der Waals surface area contributed by atoms with Crippen molar-refractivity contribution in [1.29, 1.82) is 5.26 Å². The molecule has 2 aromatic heterocycles. The number of halogens is 2. The number of aromatic nitrogens is 3. The Balaban J connectivity index is 2.10. The first kappa shape index (κ1) is 23.0. The third-order valence-corrected chi connectivity index (χ3v) is 5.05. The average Bonchev–Trinajstić information content (AvgIpc) is 3.15. The molecule has 2 N–H and O–H groups in total. The van der Waals surface area contributed by atoms with E-state index in [-0.39, 0.29) is 40.0 Å². The van der Waals surface area contributed by atoms with Crippen LogP contribution in [0, 0.1) is 18.3 Å². The molecule has 1 aromatic carbocycles. The molecule has 32 heavy (non-hydrogen) atoms. The zero-order chi connectivity index (χ0) is 23.4. The number of benzene rings is 1. The Morgan fingerprint density at radius 1 is 1.44 bits per heavy atom. The second kappa shape index (κ2) is 9.64. The molecule has 0 aliphatic rings. The molecule has 9 nitrogen and oxygen atoms in total. The number of nitrogens with zero attached hydrogens (tertiary/aromatic N) is 5. The minimum Gasteiger partial charge on any atom is -0.465 e. The van der Waals surface area contributed by atoms with Crippen molar-refractivity contribution in [2.24, 2.45) is 0 Å². The highest BCUT2D eigenvalue weighted by molar-refractivity contribution is 9.10. The second-order valence-corrected chi connectivity index (χ2v) is 7.73. The molecule has 11 heteroatoms. The van der Waals surface area contributed by atoms with Gasteiger partial charge in [-0.05, 0) is 52.7 Å². The molecular weight excluding hydrogens is 500 g/mol. The van der Waals surface area contributed by atoms with E-state index >= 15 is 0 Å². The van der Waals surface area contributed by atoms with Gasteiger partial charge in [-0.1, -0.05) is 17.7 Å². The molecule has 0 radical (unpaired) electrons. The molecule has 3 rings (SSSR count). The largest absolute Gasteiger partial charge is 0.465 e. The third kappa shape index (κ3) is 4.64. The van der Waals surface area contributed by atoms with Gasteiger partial charge in [0.15, 0.2) is 5.82 Å². The van der Waals surface area contributed by atoms with Crippen molar-refractivity contribution >= 4 is 50.9 Å². The van der Waals surface area contributed by atoms with Gasteiger partial charge in [0, 0.05) is 18.8 Å². The molecule has 0 unspecified atom stereocenters. The maximum atomic E-state index is 13.2. The summed E-state index contributed by atoms with van der Waals surface area (Å²) >= 11 is 9.47. The van der Waals surface area contributed by atoms with E-state index in [1.807, 2.05) is 6.07 Å². The van der Waals surface area contributed by atoms with Crippen molar-refractivity contribution in [3.63, 3.8) is 0 Å². The van der Waals surface area contributed by atoms with E-state index in [2.05, 4.69) is 37.9 Å². The molecule has 3 aromatic rings. The van der Waals surface area contributed by atoms with Gasteiger partial charge in [0.2, 0.25) is 0 Å². The Morgan fingerprint density at radius 3 is 2.81 bits per heavy atom. The summed E-state index contributed by atoms with van der Waals surface area (Å²) in [5.74, 6) is -0.330. The van der Waals surface area contributed by atoms with Crippen LogP contribution in [0.2, 0.25) is 5.02 Å². The van der Waals surface area contributed by atoms with Crippen molar-refractivity contribution in [3.8, 4) is 11.9 Å². The fraction of sp³-hybridized carbons (Fsp3) is 0.0952. The molecule has 0 spiro atoms. The minimum absolute atomic E-state index is 0.0421. The van der Waals surface area contributed by atoms with E-state index in [1.165, 1.54) is 29.1 Å². The van der Waals surface area contributed by atoms with E-state index in [1.54, 1.807) is 25.1 Å². The molecule has 2 heterocycles. The summed E-state index contributed by atoms with van der Waals surface area (Å²) < 4.78 is 1.65. The summed E-state index contributed by atoms with van der Waals surface area (Å²) in [6.07, 6.45) is 1.66. The van der Waals surface area contributed by atoms with Gasteiger partial charge in [-0.2, -0.15) is 10.4 Å². The summed E-state index contributed by atoms with van der Waals surface area (Å²) in [7, 11) is 0. The first-order chi connectivity index (χ1) is 15.3. The van der Waals surface area contributed by atoms with Crippen LogP contribution in [0.1, 0.15) is 21.6 Å². The Bertz CT molecular complexity index is 1270. The Kier molecular flexibility index (Phi) is 6.92. The molecule has 2 amide bonds. The predicted octanol–water partition coefficient (Wildman–Crippen LogP) is 4.79. The lowest BCUT2D eigenvalue weighted by Crippen LogP contribution is -2.31. The van der Waals surface area contributed by atoms with Crippen LogP contribution in [0.3, 0.4) is 0 Å². The van der Waals surface area contributed by atoms with Crippen LogP contribution in [0.15, 0.2) is 53.8 Å². The highest BCUT2D eigenvalue weighted by Crippen LogP contribution is 2.32. The maximum absolute atomic E-state index is 13.2. The van der Waals surface area contributed by atoms with Crippen LogP contribution < -0.4 is 10.2 Å². The van der Waals surface area contributed by atoms with Crippen LogP contribution in [-0.2, 0) is 0 Å². The van der Waals surface area contributed by atoms with Gasteiger partial charge in [0.05, 0.1) is 28.0 Å². The van der Waals surface area contributed by atoms with Gasteiger partial charge >= 0.3 is 6.09 Å². The lowest BCUT2D eigenvalue weighted by molar-refractivity contribution is 0.101. The van der Waals surface area contributed by atoms with Crippen LogP contribution >= 0.6 is 27.5 Å². The summed E-state index contributed by atoms with van der Waals surface area (Å²) in [5, 5.41) is 26.2. The number of aryl methyl sites for hydroxylation is 1. The van der Waals surface area contributed by atoms with Crippen molar-refractivity contribution < 1.29 is 14.7 Å². The first-order valence-corrected chi connectivity index (χ1v) is 10.3. The number of carboxylic acid groups (broad SMARTS) is 1. The molecule has 0 bridgehead atoms. The van der Waals surface area contributed by atoms with Crippen LogP contribution in [0.4, 0.5) is 16.2 Å². The quantitative estimate of drug-likeness (QED) is 0.455. The van der Waals surface area contributed by atoms with Crippen molar-refractivity contribution in [2.45, 2.75) is 6.92 Å². The number of anilines is 2. The molecule has 0 saturated carbocycles. The highest BCUT2D eigenvalue weighted by atomic mass is 79.9. The van der Waals surface area contributed by atoms with Gasteiger partial charge in [-0.25, -0.2) is 14.5 Å². The first-order valence-electron chi connectivity index (χ1n) is 9.10. The van der Waals surface area contributed by atoms with Crippen LogP contribution in [0.5, 0.6) is 0 Å². The molecule has 0 saturated heterocycles. The number of nitriles is 1. The molecule has 0 aliphatic carbocycles. The van der Waals surface area contributed by atoms with Gasteiger partial charge in [-0.3, -0.25) is 9.69 Å². The standard InChI is InChI=1S/C21H16BrClN6O3/c1-3-7-28(21(31)32)15-9-13(11-24)8-12(2)18(15)26-20(30)16-10-17(22)27-29(16)19-14(23)5-4-6-25-19/h3-6,8-10H,1,7H2,2H3,(H,26,30)(H,31,32). The molecule has 0 fully saturated rings. The fourth-order valence-corrected chi connectivity index (χ4v) is 3.58. The third-order valence-electron chi connectivity index (χ3n) is 4.37. The van der Waals surface area contributed by atoms with E-state index in [0.717, 1.165) is 4.90 Å². The summed E-state index contributed by atoms with van der Waals surface area (Å²) in [4.78, 5) is 30.2. The maximum Gasteiger partial charge on any atom is 0.412 e. The monoisotopic (exact) mass is 514 g/mol. The number of pyridine rings is 1. The van der Waals surface area contributed by atoms with Crippen LogP contribution in [0.25, 0.3) is 5.82 Å². The summed E-state index contributed by atoms with van der Waals surface area (Å²) in [6.45, 7) is 5.20. The minimum atomic E-state index is -1.26.